The summed E-state index contributed by atoms with van der Waals surface area (Å²) < 4.78 is 0. The molecule has 21 heavy (non-hydrogen) atoms. The van der Waals surface area contributed by atoms with Gasteiger partial charge in [0.1, 0.15) is 5.82 Å². The number of nitrogens with one attached hydrogen (secondary N) is 1. The predicted octanol–water partition coefficient (Wildman–Crippen LogP) is 3.14. The molecule has 4 nitrogen and oxygen atoms in total. The van der Waals surface area contributed by atoms with Gasteiger partial charge in [0.2, 0.25) is 0 Å². The minimum atomic E-state index is 0.709. The quantitative estimate of drug-likeness (QED) is 0.845. The second-order valence-corrected chi connectivity index (χ2v) is 6.49. The highest BCUT2D eigenvalue weighted by Gasteiger charge is 2.33. The first kappa shape index (κ1) is 14.8. The minimum Gasteiger partial charge on any atom is -0.352 e. The van der Waals surface area contributed by atoms with Gasteiger partial charge in [-0.2, -0.15) is 0 Å². The van der Waals surface area contributed by atoms with Gasteiger partial charge >= 0.3 is 0 Å². The summed E-state index contributed by atoms with van der Waals surface area (Å²) in [7, 11) is 0. The van der Waals surface area contributed by atoms with Crippen molar-refractivity contribution >= 4 is 5.82 Å². The molecule has 0 bridgehead atoms. The first-order chi connectivity index (χ1) is 10.4. The van der Waals surface area contributed by atoms with Crippen LogP contribution in [0.5, 0.6) is 0 Å². The van der Waals surface area contributed by atoms with E-state index in [0.717, 1.165) is 43.5 Å². The Kier molecular flexibility index (Phi) is 5.07. The van der Waals surface area contributed by atoms with Gasteiger partial charge in [-0.25, -0.2) is 4.98 Å². The van der Waals surface area contributed by atoms with Crippen molar-refractivity contribution in [2.75, 3.05) is 18.0 Å². The second-order valence-electron chi connectivity index (χ2n) is 6.49. The molecular weight excluding hydrogens is 260 g/mol. The normalized spacial score (nSPS) is 25.7. The molecule has 2 heterocycles. The maximum Gasteiger partial charge on any atom is 0.147 e. The van der Waals surface area contributed by atoms with Crippen molar-refractivity contribution in [3.05, 3.63) is 18.1 Å². The number of rotatable bonds is 5. The highest BCUT2D eigenvalue weighted by Crippen LogP contribution is 2.36. The molecule has 2 unspecified atom stereocenters. The summed E-state index contributed by atoms with van der Waals surface area (Å²) in [6.07, 6.45) is 13.3. The summed E-state index contributed by atoms with van der Waals surface area (Å²) in [5.74, 6) is 1.98. The molecule has 0 spiro atoms. The molecule has 1 aromatic heterocycles. The van der Waals surface area contributed by atoms with Crippen molar-refractivity contribution < 1.29 is 0 Å². The summed E-state index contributed by atoms with van der Waals surface area (Å²) in [6, 6.07) is 0.709. The van der Waals surface area contributed by atoms with E-state index in [0.29, 0.717) is 6.04 Å². The zero-order valence-corrected chi connectivity index (χ0v) is 13.2. The monoisotopic (exact) mass is 288 g/mol. The van der Waals surface area contributed by atoms with Gasteiger partial charge in [0.25, 0.3) is 0 Å². The average Bonchev–Trinajstić information content (AvgIpc) is 2.55. The molecular formula is C17H28N4. The number of aromatic nitrogens is 2. The highest BCUT2D eigenvalue weighted by molar-refractivity contribution is 5.39. The standard InChI is InChI=1S/C17H28N4/c1-2-9-18-11-15-12-19-13-17(20-15)21-10-5-7-14-6-3-4-8-16(14)21/h12-14,16,18H,2-11H2,1H3. The Bertz CT molecular complexity index is 446. The van der Waals surface area contributed by atoms with E-state index < -0.39 is 0 Å². The molecule has 1 saturated heterocycles. The van der Waals surface area contributed by atoms with Crippen LogP contribution in [0.1, 0.15) is 57.6 Å². The van der Waals surface area contributed by atoms with Crippen molar-refractivity contribution in [1.29, 1.82) is 0 Å². The van der Waals surface area contributed by atoms with Gasteiger partial charge in [-0.1, -0.05) is 19.8 Å². The molecule has 0 aromatic carbocycles. The van der Waals surface area contributed by atoms with Crippen LogP contribution in [0.3, 0.4) is 0 Å². The maximum atomic E-state index is 4.86. The fourth-order valence-electron chi connectivity index (χ4n) is 3.92. The maximum absolute atomic E-state index is 4.86. The molecule has 2 fully saturated rings. The van der Waals surface area contributed by atoms with E-state index in [4.69, 9.17) is 4.98 Å². The molecule has 4 heteroatoms. The van der Waals surface area contributed by atoms with Crippen LogP contribution in [-0.4, -0.2) is 29.1 Å². The Balaban J connectivity index is 1.71. The first-order valence-electron chi connectivity index (χ1n) is 8.66. The van der Waals surface area contributed by atoms with Gasteiger partial charge in [-0.15, -0.1) is 0 Å². The van der Waals surface area contributed by atoms with Crippen molar-refractivity contribution in [1.82, 2.24) is 15.3 Å². The lowest BCUT2D eigenvalue weighted by Gasteiger charge is -2.44. The lowest BCUT2D eigenvalue weighted by atomic mass is 9.78. The third-order valence-corrected chi connectivity index (χ3v) is 4.94. The number of piperidine rings is 1. The smallest absolute Gasteiger partial charge is 0.147 e. The number of nitrogens with zero attached hydrogens (tertiary/aromatic N) is 3. The Morgan fingerprint density at radius 2 is 2.05 bits per heavy atom. The van der Waals surface area contributed by atoms with Crippen molar-refractivity contribution in [3.8, 4) is 0 Å². The highest BCUT2D eigenvalue weighted by atomic mass is 15.2. The van der Waals surface area contributed by atoms with E-state index in [9.17, 15) is 0 Å². The molecule has 1 aliphatic carbocycles. The summed E-state index contributed by atoms with van der Waals surface area (Å²) in [6.45, 7) is 5.21. The SMILES string of the molecule is CCCNCc1cncc(N2CCCC3CCCCC32)n1. The van der Waals surface area contributed by atoms with E-state index in [2.05, 4.69) is 22.1 Å². The summed E-state index contributed by atoms with van der Waals surface area (Å²) >= 11 is 0. The number of hydrogen-bond donors (Lipinski definition) is 1. The van der Waals surface area contributed by atoms with Crippen LogP contribution in [0.4, 0.5) is 5.82 Å². The van der Waals surface area contributed by atoms with Gasteiger partial charge in [0.15, 0.2) is 0 Å². The lowest BCUT2D eigenvalue weighted by molar-refractivity contribution is 0.242. The predicted molar refractivity (Wildman–Crippen MR) is 86.4 cm³/mol. The largest absolute Gasteiger partial charge is 0.352 e. The van der Waals surface area contributed by atoms with Crippen LogP contribution in [0.25, 0.3) is 0 Å². The molecule has 0 radical (unpaired) electrons. The van der Waals surface area contributed by atoms with E-state index in [1.165, 1.54) is 38.5 Å². The average molecular weight is 288 g/mol. The van der Waals surface area contributed by atoms with E-state index in [-0.39, 0.29) is 0 Å². The Hall–Kier alpha value is -1.16. The van der Waals surface area contributed by atoms with Gasteiger partial charge in [0, 0.05) is 25.3 Å². The summed E-state index contributed by atoms with van der Waals surface area (Å²) in [5.41, 5.74) is 1.07. The van der Waals surface area contributed by atoms with Crippen molar-refractivity contribution in [3.63, 3.8) is 0 Å². The number of anilines is 1. The third kappa shape index (κ3) is 3.54. The second kappa shape index (κ2) is 7.21. The van der Waals surface area contributed by atoms with Crippen LogP contribution in [0, 0.1) is 5.92 Å². The van der Waals surface area contributed by atoms with E-state index in [1.54, 1.807) is 0 Å². The molecule has 1 aromatic rings. The Morgan fingerprint density at radius 1 is 1.19 bits per heavy atom. The first-order valence-corrected chi connectivity index (χ1v) is 8.66. The molecule has 2 atom stereocenters. The van der Waals surface area contributed by atoms with Crippen LogP contribution in [-0.2, 0) is 6.54 Å². The van der Waals surface area contributed by atoms with Crippen LogP contribution in [0.2, 0.25) is 0 Å². The zero-order valence-electron chi connectivity index (χ0n) is 13.2. The fourth-order valence-corrected chi connectivity index (χ4v) is 3.92. The molecule has 116 valence electrons. The van der Waals surface area contributed by atoms with Gasteiger partial charge < -0.3 is 10.2 Å². The zero-order chi connectivity index (χ0) is 14.5. The Labute approximate surface area is 128 Å². The van der Waals surface area contributed by atoms with Gasteiger partial charge in [-0.05, 0) is 44.6 Å². The van der Waals surface area contributed by atoms with Crippen LogP contribution in [0.15, 0.2) is 12.4 Å². The number of hydrogen-bond acceptors (Lipinski definition) is 4. The molecule has 0 amide bonds. The Morgan fingerprint density at radius 3 is 2.95 bits per heavy atom. The lowest BCUT2D eigenvalue weighted by Crippen LogP contribution is -2.47. The molecule has 1 N–H and O–H groups in total. The fraction of sp³-hybridized carbons (Fsp3) is 0.765. The molecule has 2 aliphatic rings. The van der Waals surface area contributed by atoms with E-state index in [1.807, 2.05) is 12.4 Å². The van der Waals surface area contributed by atoms with Crippen molar-refractivity contribution in [2.24, 2.45) is 5.92 Å². The van der Waals surface area contributed by atoms with Gasteiger partial charge in [-0.3, -0.25) is 4.98 Å². The van der Waals surface area contributed by atoms with Crippen LogP contribution < -0.4 is 10.2 Å². The molecule has 1 aliphatic heterocycles. The van der Waals surface area contributed by atoms with Crippen LogP contribution >= 0.6 is 0 Å². The minimum absolute atomic E-state index is 0.709. The van der Waals surface area contributed by atoms with E-state index >= 15 is 0 Å². The third-order valence-electron chi connectivity index (χ3n) is 4.94. The van der Waals surface area contributed by atoms with Crippen molar-refractivity contribution in [2.45, 2.75) is 64.5 Å². The summed E-state index contributed by atoms with van der Waals surface area (Å²) in [5, 5.41) is 3.42. The van der Waals surface area contributed by atoms with Gasteiger partial charge in [0.05, 0.1) is 11.9 Å². The molecule has 3 rings (SSSR count). The topological polar surface area (TPSA) is 41.1 Å². The summed E-state index contributed by atoms with van der Waals surface area (Å²) in [4.78, 5) is 11.8. The number of fused-ring (bicyclic) bond motifs is 1. The molecule has 1 saturated carbocycles.